The van der Waals surface area contributed by atoms with Crippen molar-refractivity contribution in [1.82, 2.24) is 4.90 Å². The number of rotatable bonds is 5. The molecule has 0 aromatic rings. The van der Waals surface area contributed by atoms with Crippen molar-refractivity contribution in [2.75, 3.05) is 26.3 Å². The summed E-state index contributed by atoms with van der Waals surface area (Å²) in [7, 11) is 0. The molecule has 4 heteroatoms. The molecule has 1 aliphatic heterocycles. The number of esters is 1. The normalized spacial score (nSPS) is 24.1. The van der Waals surface area contributed by atoms with Crippen molar-refractivity contribution < 1.29 is 14.6 Å². The highest BCUT2D eigenvalue weighted by Crippen LogP contribution is 2.19. The molecule has 16 heavy (non-hydrogen) atoms. The molecule has 0 aliphatic carbocycles. The molecule has 1 aliphatic rings. The van der Waals surface area contributed by atoms with Crippen LogP contribution in [0.4, 0.5) is 0 Å². The summed E-state index contributed by atoms with van der Waals surface area (Å²) < 4.78 is 5.07. The number of aliphatic hydroxyl groups excluding tert-OH is 1. The van der Waals surface area contributed by atoms with Gasteiger partial charge in [0.1, 0.15) is 6.04 Å². The first-order valence-electron chi connectivity index (χ1n) is 6.24. The lowest BCUT2D eigenvalue weighted by atomic mass is 9.97. The van der Waals surface area contributed by atoms with E-state index in [0.29, 0.717) is 12.5 Å². The fourth-order valence-corrected chi connectivity index (χ4v) is 2.34. The summed E-state index contributed by atoms with van der Waals surface area (Å²) in [6, 6.07) is -0.130. The summed E-state index contributed by atoms with van der Waals surface area (Å²) in [6.07, 6.45) is 2.89. The molecule has 94 valence electrons. The SMILES string of the molecule is CCOC(=O)C(CC)N1CCCC(CO)C1. The molecule has 0 spiro atoms. The van der Waals surface area contributed by atoms with E-state index in [-0.39, 0.29) is 18.6 Å². The number of nitrogens with zero attached hydrogens (tertiary/aromatic N) is 1. The quantitative estimate of drug-likeness (QED) is 0.715. The molecule has 0 saturated carbocycles. The van der Waals surface area contributed by atoms with E-state index < -0.39 is 0 Å². The Balaban J connectivity index is 2.54. The predicted molar refractivity (Wildman–Crippen MR) is 62.1 cm³/mol. The average molecular weight is 229 g/mol. The van der Waals surface area contributed by atoms with E-state index in [2.05, 4.69) is 4.90 Å². The Labute approximate surface area is 97.6 Å². The van der Waals surface area contributed by atoms with Gasteiger partial charge in [-0.15, -0.1) is 0 Å². The third-order valence-corrected chi connectivity index (χ3v) is 3.19. The smallest absolute Gasteiger partial charge is 0.323 e. The van der Waals surface area contributed by atoms with E-state index in [1.807, 2.05) is 13.8 Å². The van der Waals surface area contributed by atoms with Crippen molar-refractivity contribution in [3.05, 3.63) is 0 Å². The zero-order chi connectivity index (χ0) is 12.0. The third kappa shape index (κ3) is 3.46. The van der Waals surface area contributed by atoms with Crippen molar-refractivity contribution in [1.29, 1.82) is 0 Å². The number of likely N-dealkylation sites (tertiary alicyclic amines) is 1. The first-order valence-corrected chi connectivity index (χ1v) is 6.24. The van der Waals surface area contributed by atoms with E-state index in [1.54, 1.807) is 0 Å². The van der Waals surface area contributed by atoms with Crippen molar-refractivity contribution >= 4 is 5.97 Å². The Morgan fingerprint density at radius 3 is 2.88 bits per heavy atom. The Bertz CT molecular complexity index is 220. The Hall–Kier alpha value is -0.610. The zero-order valence-electron chi connectivity index (χ0n) is 10.3. The molecule has 1 fully saturated rings. The highest BCUT2D eigenvalue weighted by Gasteiger charge is 2.29. The van der Waals surface area contributed by atoms with Crippen molar-refractivity contribution in [3.8, 4) is 0 Å². The summed E-state index contributed by atoms with van der Waals surface area (Å²) in [5, 5.41) is 9.16. The number of aliphatic hydroxyl groups is 1. The van der Waals surface area contributed by atoms with Crippen LogP contribution in [0.3, 0.4) is 0 Å². The van der Waals surface area contributed by atoms with E-state index in [4.69, 9.17) is 9.84 Å². The lowest BCUT2D eigenvalue weighted by Gasteiger charge is -2.36. The minimum atomic E-state index is -0.130. The first-order chi connectivity index (χ1) is 7.72. The van der Waals surface area contributed by atoms with Gasteiger partial charge in [-0.05, 0) is 38.6 Å². The van der Waals surface area contributed by atoms with E-state index in [9.17, 15) is 4.79 Å². The van der Waals surface area contributed by atoms with Crippen molar-refractivity contribution in [3.63, 3.8) is 0 Å². The molecule has 0 aromatic carbocycles. The number of hydrogen-bond donors (Lipinski definition) is 1. The van der Waals surface area contributed by atoms with Crippen LogP contribution in [0.2, 0.25) is 0 Å². The maximum Gasteiger partial charge on any atom is 0.323 e. The zero-order valence-corrected chi connectivity index (χ0v) is 10.3. The Kier molecular flexibility index (Phi) is 5.77. The van der Waals surface area contributed by atoms with Gasteiger partial charge in [-0.2, -0.15) is 0 Å². The van der Waals surface area contributed by atoms with Crippen LogP contribution < -0.4 is 0 Å². The third-order valence-electron chi connectivity index (χ3n) is 3.19. The molecule has 0 radical (unpaired) electrons. The molecule has 0 amide bonds. The monoisotopic (exact) mass is 229 g/mol. The van der Waals surface area contributed by atoms with Gasteiger partial charge in [0.2, 0.25) is 0 Å². The van der Waals surface area contributed by atoms with Gasteiger partial charge >= 0.3 is 5.97 Å². The van der Waals surface area contributed by atoms with Gasteiger partial charge in [0.25, 0.3) is 0 Å². The van der Waals surface area contributed by atoms with Crippen LogP contribution >= 0.6 is 0 Å². The Morgan fingerprint density at radius 1 is 1.56 bits per heavy atom. The van der Waals surface area contributed by atoms with E-state index in [1.165, 1.54) is 0 Å². The maximum atomic E-state index is 11.7. The van der Waals surface area contributed by atoms with Crippen LogP contribution in [0.25, 0.3) is 0 Å². The lowest BCUT2D eigenvalue weighted by molar-refractivity contribution is -0.150. The van der Waals surface area contributed by atoms with Crippen LogP contribution in [0.1, 0.15) is 33.1 Å². The van der Waals surface area contributed by atoms with Crippen LogP contribution in [-0.2, 0) is 9.53 Å². The van der Waals surface area contributed by atoms with Gasteiger partial charge in [0, 0.05) is 13.2 Å². The van der Waals surface area contributed by atoms with Gasteiger partial charge in [-0.25, -0.2) is 0 Å². The molecule has 4 nitrogen and oxygen atoms in total. The molecule has 1 N–H and O–H groups in total. The van der Waals surface area contributed by atoms with Gasteiger partial charge in [0.15, 0.2) is 0 Å². The topological polar surface area (TPSA) is 49.8 Å². The molecule has 1 rings (SSSR count). The average Bonchev–Trinajstić information content (AvgIpc) is 2.31. The second kappa shape index (κ2) is 6.86. The summed E-state index contributed by atoms with van der Waals surface area (Å²) in [4.78, 5) is 13.9. The molecule has 2 unspecified atom stereocenters. The number of hydrogen-bond acceptors (Lipinski definition) is 4. The summed E-state index contributed by atoms with van der Waals surface area (Å²) in [5.74, 6) is 0.195. The van der Waals surface area contributed by atoms with Gasteiger partial charge in [0.05, 0.1) is 6.61 Å². The predicted octanol–water partition coefficient (Wildman–Crippen LogP) is 1.03. The second-order valence-electron chi connectivity index (χ2n) is 4.36. The molecule has 0 bridgehead atoms. The molecule has 1 saturated heterocycles. The first kappa shape index (κ1) is 13.5. The summed E-state index contributed by atoms with van der Waals surface area (Å²) in [6.45, 7) is 6.24. The van der Waals surface area contributed by atoms with E-state index >= 15 is 0 Å². The van der Waals surface area contributed by atoms with Crippen LogP contribution in [0.5, 0.6) is 0 Å². The number of piperidine rings is 1. The molecule has 1 heterocycles. The van der Waals surface area contributed by atoms with Crippen molar-refractivity contribution in [2.45, 2.75) is 39.2 Å². The van der Waals surface area contributed by atoms with Gasteiger partial charge in [-0.1, -0.05) is 6.92 Å². The minimum absolute atomic E-state index is 0.122. The highest BCUT2D eigenvalue weighted by molar-refractivity contribution is 5.75. The fraction of sp³-hybridized carbons (Fsp3) is 0.917. The van der Waals surface area contributed by atoms with Crippen LogP contribution in [0, 0.1) is 5.92 Å². The van der Waals surface area contributed by atoms with Crippen LogP contribution in [0.15, 0.2) is 0 Å². The fourth-order valence-electron chi connectivity index (χ4n) is 2.34. The molecular weight excluding hydrogens is 206 g/mol. The molecule has 0 aromatic heterocycles. The maximum absolute atomic E-state index is 11.7. The minimum Gasteiger partial charge on any atom is -0.465 e. The number of carbonyl (C=O) groups is 1. The van der Waals surface area contributed by atoms with Gasteiger partial charge in [-0.3, -0.25) is 9.69 Å². The second-order valence-corrected chi connectivity index (χ2v) is 4.36. The van der Waals surface area contributed by atoms with E-state index in [0.717, 1.165) is 32.4 Å². The van der Waals surface area contributed by atoms with Gasteiger partial charge < -0.3 is 9.84 Å². The number of ether oxygens (including phenoxy) is 1. The standard InChI is InChI=1S/C12H23NO3/c1-3-11(12(15)16-4-2)13-7-5-6-10(8-13)9-14/h10-11,14H,3-9H2,1-2H3. The molecular formula is C12H23NO3. The highest BCUT2D eigenvalue weighted by atomic mass is 16.5. The Morgan fingerprint density at radius 2 is 2.31 bits per heavy atom. The lowest BCUT2D eigenvalue weighted by Crippen LogP contribution is -2.47. The summed E-state index contributed by atoms with van der Waals surface area (Å²) >= 11 is 0. The van der Waals surface area contributed by atoms with Crippen molar-refractivity contribution in [2.24, 2.45) is 5.92 Å². The largest absolute Gasteiger partial charge is 0.465 e. The summed E-state index contributed by atoms with van der Waals surface area (Å²) in [5.41, 5.74) is 0. The van der Waals surface area contributed by atoms with Crippen LogP contribution in [-0.4, -0.2) is 48.3 Å². The molecule has 2 atom stereocenters. The number of carbonyl (C=O) groups excluding carboxylic acids is 1.